The lowest BCUT2D eigenvalue weighted by atomic mass is 10.0. The van der Waals surface area contributed by atoms with Crippen LogP contribution in [0.4, 0.5) is 4.39 Å². The van der Waals surface area contributed by atoms with Gasteiger partial charge in [-0.25, -0.2) is 4.39 Å². The highest BCUT2D eigenvalue weighted by atomic mass is 79.9. The summed E-state index contributed by atoms with van der Waals surface area (Å²) < 4.78 is 14.2. The van der Waals surface area contributed by atoms with Crippen LogP contribution in [-0.2, 0) is 11.2 Å². The van der Waals surface area contributed by atoms with Crippen molar-refractivity contribution in [2.75, 3.05) is 14.1 Å². The molecule has 1 aromatic carbocycles. The van der Waals surface area contributed by atoms with E-state index in [0.717, 1.165) is 4.47 Å². The minimum atomic E-state index is -0.884. The maximum absolute atomic E-state index is 13.4. The Hall–Kier alpha value is -0.940. The third kappa shape index (κ3) is 4.09. The van der Waals surface area contributed by atoms with Crippen molar-refractivity contribution in [3.05, 3.63) is 34.1 Å². The monoisotopic (exact) mass is 303 g/mol. The molecule has 5 heteroatoms. The SMILES string of the molecule is CN(C)C(CCc1cc(Br)ccc1F)C(=O)O. The molecule has 0 aliphatic carbocycles. The molecular weight excluding hydrogens is 289 g/mol. The van der Waals surface area contributed by atoms with Crippen LogP contribution in [0.1, 0.15) is 12.0 Å². The molecule has 1 rings (SSSR count). The second kappa shape index (κ2) is 6.12. The van der Waals surface area contributed by atoms with Gasteiger partial charge in [-0.3, -0.25) is 9.69 Å². The molecular formula is C12H15BrFNO2. The molecule has 0 heterocycles. The molecule has 17 heavy (non-hydrogen) atoms. The zero-order valence-electron chi connectivity index (χ0n) is 9.78. The van der Waals surface area contributed by atoms with Gasteiger partial charge in [0.1, 0.15) is 11.9 Å². The first-order valence-corrected chi connectivity index (χ1v) is 6.04. The van der Waals surface area contributed by atoms with E-state index in [4.69, 9.17) is 5.11 Å². The van der Waals surface area contributed by atoms with E-state index in [1.807, 2.05) is 0 Å². The predicted octanol–water partition coefficient (Wildman–Crippen LogP) is 2.54. The number of rotatable bonds is 5. The normalized spacial score (nSPS) is 12.8. The summed E-state index contributed by atoms with van der Waals surface area (Å²) in [6.45, 7) is 0. The van der Waals surface area contributed by atoms with Crippen molar-refractivity contribution in [1.29, 1.82) is 0 Å². The van der Waals surface area contributed by atoms with E-state index in [2.05, 4.69) is 15.9 Å². The summed E-state index contributed by atoms with van der Waals surface area (Å²) in [6, 6.07) is 4.10. The average molecular weight is 304 g/mol. The lowest BCUT2D eigenvalue weighted by molar-refractivity contribution is -0.142. The molecule has 0 aromatic heterocycles. The summed E-state index contributed by atoms with van der Waals surface area (Å²) >= 11 is 3.27. The zero-order chi connectivity index (χ0) is 13.0. The molecule has 0 bridgehead atoms. The fourth-order valence-corrected chi connectivity index (χ4v) is 2.04. The Balaban J connectivity index is 2.72. The van der Waals surface area contributed by atoms with Gasteiger partial charge in [0.25, 0.3) is 0 Å². The Bertz CT molecular complexity index is 409. The number of benzene rings is 1. The number of aliphatic carboxylic acids is 1. The van der Waals surface area contributed by atoms with Crippen molar-refractivity contribution in [2.45, 2.75) is 18.9 Å². The van der Waals surface area contributed by atoms with Crippen LogP contribution in [0.25, 0.3) is 0 Å². The molecule has 0 fully saturated rings. The van der Waals surface area contributed by atoms with Gasteiger partial charge in [-0.2, -0.15) is 0 Å². The van der Waals surface area contributed by atoms with E-state index in [1.165, 1.54) is 6.07 Å². The molecule has 0 spiro atoms. The number of nitrogens with zero attached hydrogens (tertiary/aromatic N) is 1. The molecule has 0 radical (unpaired) electrons. The van der Waals surface area contributed by atoms with E-state index in [1.54, 1.807) is 31.1 Å². The third-order valence-electron chi connectivity index (χ3n) is 2.60. The second-order valence-electron chi connectivity index (χ2n) is 4.09. The highest BCUT2D eigenvalue weighted by molar-refractivity contribution is 9.10. The van der Waals surface area contributed by atoms with Gasteiger partial charge in [0, 0.05) is 4.47 Å². The largest absolute Gasteiger partial charge is 0.480 e. The van der Waals surface area contributed by atoms with Crippen LogP contribution in [0.5, 0.6) is 0 Å². The van der Waals surface area contributed by atoms with Gasteiger partial charge in [0.2, 0.25) is 0 Å². The molecule has 94 valence electrons. The molecule has 1 unspecified atom stereocenters. The van der Waals surface area contributed by atoms with Crippen molar-refractivity contribution < 1.29 is 14.3 Å². The number of hydrogen-bond donors (Lipinski definition) is 1. The van der Waals surface area contributed by atoms with Gasteiger partial charge in [-0.1, -0.05) is 15.9 Å². The molecule has 0 aliphatic heterocycles. The van der Waals surface area contributed by atoms with Gasteiger partial charge >= 0.3 is 5.97 Å². The first-order valence-electron chi connectivity index (χ1n) is 5.25. The minimum Gasteiger partial charge on any atom is -0.480 e. The zero-order valence-corrected chi connectivity index (χ0v) is 11.4. The Morgan fingerprint density at radius 2 is 2.18 bits per heavy atom. The van der Waals surface area contributed by atoms with E-state index in [9.17, 15) is 9.18 Å². The predicted molar refractivity (Wildman–Crippen MR) is 67.5 cm³/mol. The van der Waals surface area contributed by atoms with Crippen LogP contribution in [0.3, 0.4) is 0 Å². The summed E-state index contributed by atoms with van der Waals surface area (Å²) in [5.41, 5.74) is 0.535. The van der Waals surface area contributed by atoms with Crippen LogP contribution < -0.4 is 0 Å². The van der Waals surface area contributed by atoms with E-state index < -0.39 is 12.0 Å². The first kappa shape index (κ1) is 14.1. The van der Waals surface area contributed by atoms with Gasteiger partial charge in [0.15, 0.2) is 0 Å². The molecule has 0 saturated carbocycles. The van der Waals surface area contributed by atoms with Gasteiger partial charge in [-0.15, -0.1) is 0 Å². The van der Waals surface area contributed by atoms with E-state index >= 15 is 0 Å². The fourth-order valence-electron chi connectivity index (χ4n) is 1.63. The lowest BCUT2D eigenvalue weighted by Gasteiger charge is -2.19. The number of halogens is 2. The summed E-state index contributed by atoms with van der Waals surface area (Å²) in [6.07, 6.45) is 0.788. The Kier molecular flexibility index (Phi) is 5.08. The smallest absolute Gasteiger partial charge is 0.320 e. The quantitative estimate of drug-likeness (QED) is 0.909. The molecule has 1 aromatic rings. The molecule has 1 atom stereocenters. The van der Waals surface area contributed by atoms with Gasteiger partial charge in [-0.05, 0) is 50.7 Å². The number of likely N-dealkylation sites (N-methyl/N-ethyl adjacent to an activating group) is 1. The molecule has 1 N–H and O–H groups in total. The summed E-state index contributed by atoms with van der Waals surface area (Å²) in [5, 5.41) is 9.00. The highest BCUT2D eigenvalue weighted by Gasteiger charge is 2.19. The van der Waals surface area contributed by atoms with Crippen LogP contribution in [0, 0.1) is 5.82 Å². The topological polar surface area (TPSA) is 40.5 Å². The van der Waals surface area contributed by atoms with Crippen LogP contribution >= 0.6 is 15.9 Å². The Morgan fingerprint density at radius 3 is 2.71 bits per heavy atom. The number of carboxylic acid groups (broad SMARTS) is 1. The first-order chi connectivity index (χ1) is 7.91. The van der Waals surface area contributed by atoms with Gasteiger partial charge in [0.05, 0.1) is 0 Å². The van der Waals surface area contributed by atoms with Crippen LogP contribution in [0.2, 0.25) is 0 Å². The van der Waals surface area contributed by atoms with Crippen LogP contribution in [0.15, 0.2) is 22.7 Å². The number of hydrogen-bond acceptors (Lipinski definition) is 2. The van der Waals surface area contributed by atoms with Crippen molar-refractivity contribution in [1.82, 2.24) is 4.90 Å². The third-order valence-corrected chi connectivity index (χ3v) is 3.10. The summed E-state index contributed by atoms with van der Waals surface area (Å²) in [7, 11) is 3.41. The van der Waals surface area contributed by atoms with E-state index in [-0.39, 0.29) is 5.82 Å². The van der Waals surface area contributed by atoms with Crippen molar-refractivity contribution in [3.8, 4) is 0 Å². The van der Waals surface area contributed by atoms with Gasteiger partial charge < -0.3 is 5.11 Å². The maximum atomic E-state index is 13.4. The lowest BCUT2D eigenvalue weighted by Crippen LogP contribution is -2.36. The van der Waals surface area contributed by atoms with Crippen molar-refractivity contribution in [2.24, 2.45) is 0 Å². The maximum Gasteiger partial charge on any atom is 0.320 e. The van der Waals surface area contributed by atoms with Crippen molar-refractivity contribution in [3.63, 3.8) is 0 Å². The Morgan fingerprint density at radius 1 is 1.53 bits per heavy atom. The number of carbonyl (C=O) groups is 1. The second-order valence-corrected chi connectivity index (χ2v) is 5.01. The standard InChI is InChI=1S/C12H15BrFNO2/c1-15(2)11(12(16)17)6-3-8-7-9(13)4-5-10(8)14/h4-5,7,11H,3,6H2,1-2H3,(H,16,17). The van der Waals surface area contributed by atoms with Crippen LogP contribution in [-0.4, -0.2) is 36.1 Å². The number of carboxylic acids is 1. The molecule has 0 saturated heterocycles. The summed E-state index contributed by atoms with van der Waals surface area (Å²) in [5.74, 6) is -1.18. The van der Waals surface area contributed by atoms with E-state index in [0.29, 0.717) is 18.4 Å². The highest BCUT2D eigenvalue weighted by Crippen LogP contribution is 2.18. The summed E-state index contributed by atoms with van der Waals surface area (Å²) in [4.78, 5) is 12.6. The molecule has 0 aliphatic rings. The fraction of sp³-hybridized carbons (Fsp3) is 0.417. The number of aryl methyl sites for hydroxylation is 1. The van der Waals surface area contributed by atoms with Crippen molar-refractivity contribution >= 4 is 21.9 Å². The average Bonchev–Trinajstić information content (AvgIpc) is 2.22. The minimum absolute atomic E-state index is 0.295. The Labute approximate surface area is 108 Å². The molecule has 0 amide bonds. The molecule has 3 nitrogen and oxygen atoms in total.